The molecule has 0 saturated carbocycles. The summed E-state index contributed by atoms with van der Waals surface area (Å²) >= 11 is 1.77. The fourth-order valence-corrected chi connectivity index (χ4v) is 2.34. The number of hydrogen-bond acceptors (Lipinski definition) is 3. The summed E-state index contributed by atoms with van der Waals surface area (Å²) in [6.45, 7) is 3.93. The molecule has 0 unspecified atom stereocenters. The number of aromatic nitrogens is 1. The molecule has 0 atom stereocenters. The van der Waals surface area contributed by atoms with E-state index in [0.29, 0.717) is 5.69 Å². The summed E-state index contributed by atoms with van der Waals surface area (Å²) in [6, 6.07) is 7.84. The van der Waals surface area contributed by atoms with E-state index in [2.05, 4.69) is 18.0 Å². The number of pyridine rings is 1. The van der Waals surface area contributed by atoms with Gasteiger partial charge >= 0.3 is 0 Å². The van der Waals surface area contributed by atoms with Crippen LogP contribution in [0.3, 0.4) is 0 Å². The Balaban J connectivity index is 2.68. The maximum Gasteiger partial charge on any atom is 0.137 e. The van der Waals surface area contributed by atoms with Gasteiger partial charge in [0.25, 0.3) is 0 Å². The summed E-state index contributed by atoms with van der Waals surface area (Å²) in [5, 5.41) is 10.7. The van der Waals surface area contributed by atoms with Crippen molar-refractivity contribution in [3.8, 4) is 5.75 Å². The van der Waals surface area contributed by atoms with Gasteiger partial charge in [0.05, 0.1) is 11.2 Å². The monoisotopic (exact) mass is 219 g/mol. The predicted molar refractivity (Wildman–Crippen MR) is 64.5 cm³/mol. The largest absolute Gasteiger partial charge is 0.506 e. The van der Waals surface area contributed by atoms with Crippen LogP contribution in [-0.2, 0) is 0 Å². The third kappa shape index (κ3) is 1.92. The van der Waals surface area contributed by atoms with Gasteiger partial charge in [0.2, 0.25) is 0 Å². The molecule has 0 radical (unpaired) electrons. The first-order chi connectivity index (χ1) is 7.22. The zero-order chi connectivity index (χ0) is 10.8. The highest BCUT2D eigenvalue weighted by atomic mass is 32.2. The standard InChI is InChI=1S/C12H13NOS/c1-3-15-12-6-4-5-10-9(12)7-11(14)8(2)13-10/h4-7,14H,3H2,1-2H3. The summed E-state index contributed by atoms with van der Waals surface area (Å²) in [4.78, 5) is 5.53. The lowest BCUT2D eigenvalue weighted by Crippen LogP contribution is -1.86. The van der Waals surface area contributed by atoms with Gasteiger partial charge in [0.1, 0.15) is 5.75 Å². The van der Waals surface area contributed by atoms with Gasteiger partial charge in [0.15, 0.2) is 0 Å². The molecule has 15 heavy (non-hydrogen) atoms. The van der Waals surface area contributed by atoms with Crippen molar-refractivity contribution in [2.75, 3.05) is 5.75 Å². The van der Waals surface area contributed by atoms with Gasteiger partial charge in [-0.3, -0.25) is 0 Å². The Kier molecular flexibility index (Phi) is 2.82. The minimum Gasteiger partial charge on any atom is -0.506 e. The smallest absolute Gasteiger partial charge is 0.137 e. The summed E-state index contributed by atoms with van der Waals surface area (Å²) in [7, 11) is 0. The van der Waals surface area contributed by atoms with Crippen molar-refractivity contribution >= 4 is 22.7 Å². The number of aromatic hydroxyl groups is 1. The van der Waals surface area contributed by atoms with E-state index < -0.39 is 0 Å². The van der Waals surface area contributed by atoms with Crippen molar-refractivity contribution in [1.29, 1.82) is 0 Å². The van der Waals surface area contributed by atoms with E-state index in [1.807, 2.05) is 19.1 Å². The van der Waals surface area contributed by atoms with Gasteiger partial charge in [0, 0.05) is 10.3 Å². The molecule has 0 aliphatic carbocycles. The van der Waals surface area contributed by atoms with Crippen molar-refractivity contribution in [2.45, 2.75) is 18.7 Å². The second-order valence-electron chi connectivity index (χ2n) is 3.35. The molecule has 0 spiro atoms. The molecule has 0 bridgehead atoms. The van der Waals surface area contributed by atoms with Crippen LogP contribution in [0.4, 0.5) is 0 Å². The van der Waals surface area contributed by atoms with Crippen LogP contribution in [-0.4, -0.2) is 15.8 Å². The molecule has 1 N–H and O–H groups in total. The first-order valence-electron chi connectivity index (χ1n) is 4.94. The lowest BCUT2D eigenvalue weighted by Gasteiger charge is -2.06. The van der Waals surface area contributed by atoms with E-state index in [9.17, 15) is 5.11 Å². The molecule has 2 aromatic rings. The molecule has 0 fully saturated rings. The van der Waals surface area contributed by atoms with Crippen LogP contribution in [0, 0.1) is 6.92 Å². The molecule has 2 rings (SSSR count). The Labute approximate surface area is 93.3 Å². The van der Waals surface area contributed by atoms with E-state index in [1.54, 1.807) is 17.8 Å². The molecule has 1 aromatic carbocycles. The summed E-state index contributed by atoms with van der Waals surface area (Å²) < 4.78 is 0. The highest BCUT2D eigenvalue weighted by Gasteiger charge is 2.05. The lowest BCUT2D eigenvalue weighted by molar-refractivity contribution is 0.469. The van der Waals surface area contributed by atoms with Crippen molar-refractivity contribution in [1.82, 2.24) is 4.98 Å². The van der Waals surface area contributed by atoms with Crippen LogP contribution < -0.4 is 0 Å². The Bertz CT molecular complexity index is 496. The lowest BCUT2D eigenvalue weighted by atomic mass is 10.2. The Morgan fingerprint density at radius 3 is 2.93 bits per heavy atom. The second kappa shape index (κ2) is 4.11. The average molecular weight is 219 g/mol. The third-order valence-electron chi connectivity index (χ3n) is 2.28. The summed E-state index contributed by atoms with van der Waals surface area (Å²) in [5.41, 5.74) is 1.63. The van der Waals surface area contributed by atoms with Crippen molar-refractivity contribution in [2.24, 2.45) is 0 Å². The van der Waals surface area contributed by atoms with Gasteiger partial charge in [-0.1, -0.05) is 13.0 Å². The maximum absolute atomic E-state index is 9.64. The highest BCUT2D eigenvalue weighted by molar-refractivity contribution is 7.99. The van der Waals surface area contributed by atoms with E-state index in [1.165, 1.54) is 4.90 Å². The number of aryl methyl sites for hydroxylation is 1. The van der Waals surface area contributed by atoms with Crippen molar-refractivity contribution in [3.05, 3.63) is 30.0 Å². The molecule has 1 heterocycles. The number of hydrogen-bond donors (Lipinski definition) is 1. The van der Waals surface area contributed by atoms with Crippen LogP contribution in [0.25, 0.3) is 10.9 Å². The van der Waals surface area contributed by atoms with Gasteiger partial charge in [-0.05, 0) is 30.9 Å². The Hall–Kier alpha value is -1.22. The summed E-state index contributed by atoms with van der Waals surface area (Å²) in [6.07, 6.45) is 0. The molecule has 78 valence electrons. The van der Waals surface area contributed by atoms with E-state index in [-0.39, 0.29) is 5.75 Å². The first-order valence-corrected chi connectivity index (χ1v) is 5.93. The SMILES string of the molecule is CCSc1cccc2nc(C)c(O)cc12. The quantitative estimate of drug-likeness (QED) is 0.786. The maximum atomic E-state index is 9.64. The minimum absolute atomic E-state index is 0.270. The van der Waals surface area contributed by atoms with Gasteiger partial charge < -0.3 is 5.11 Å². The summed E-state index contributed by atoms with van der Waals surface area (Å²) in [5.74, 6) is 1.29. The third-order valence-corrected chi connectivity index (χ3v) is 3.24. The molecule has 2 nitrogen and oxygen atoms in total. The number of fused-ring (bicyclic) bond motifs is 1. The Morgan fingerprint density at radius 2 is 2.20 bits per heavy atom. The fourth-order valence-electron chi connectivity index (χ4n) is 1.54. The van der Waals surface area contributed by atoms with E-state index in [0.717, 1.165) is 16.7 Å². The molecular formula is C12H13NOS. The molecule has 3 heteroatoms. The van der Waals surface area contributed by atoms with Crippen molar-refractivity contribution in [3.63, 3.8) is 0 Å². The number of thioether (sulfide) groups is 1. The van der Waals surface area contributed by atoms with Crippen LogP contribution in [0.2, 0.25) is 0 Å². The molecule has 0 aliphatic heterocycles. The molecule has 0 amide bonds. The molecular weight excluding hydrogens is 206 g/mol. The zero-order valence-corrected chi connectivity index (χ0v) is 9.64. The second-order valence-corrected chi connectivity index (χ2v) is 4.65. The molecule has 0 saturated heterocycles. The zero-order valence-electron chi connectivity index (χ0n) is 8.82. The van der Waals surface area contributed by atoms with Crippen LogP contribution in [0.1, 0.15) is 12.6 Å². The average Bonchev–Trinajstić information content (AvgIpc) is 2.21. The highest BCUT2D eigenvalue weighted by Crippen LogP contribution is 2.30. The van der Waals surface area contributed by atoms with Gasteiger partial charge in [-0.15, -0.1) is 11.8 Å². The van der Waals surface area contributed by atoms with Crippen molar-refractivity contribution < 1.29 is 5.11 Å². The van der Waals surface area contributed by atoms with E-state index >= 15 is 0 Å². The number of nitrogens with zero attached hydrogens (tertiary/aromatic N) is 1. The van der Waals surface area contributed by atoms with E-state index in [4.69, 9.17) is 0 Å². The molecule has 1 aromatic heterocycles. The molecule has 0 aliphatic rings. The fraction of sp³-hybridized carbons (Fsp3) is 0.250. The van der Waals surface area contributed by atoms with Crippen LogP contribution >= 0.6 is 11.8 Å². The predicted octanol–water partition coefficient (Wildman–Crippen LogP) is 3.36. The number of rotatable bonds is 2. The van der Waals surface area contributed by atoms with Gasteiger partial charge in [-0.25, -0.2) is 4.98 Å². The first kappa shape index (κ1) is 10.3. The minimum atomic E-state index is 0.270. The topological polar surface area (TPSA) is 33.1 Å². The Morgan fingerprint density at radius 1 is 1.40 bits per heavy atom. The van der Waals surface area contributed by atoms with Crippen LogP contribution in [0.15, 0.2) is 29.2 Å². The normalized spacial score (nSPS) is 10.8. The van der Waals surface area contributed by atoms with Gasteiger partial charge in [-0.2, -0.15) is 0 Å². The van der Waals surface area contributed by atoms with Crippen LogP contribution in [0.5, 0.6) is 5.75 Å². The number of benzene rings is 1.